The van der Waals surface area contributed by atoms with Crippen molar-refractivity contribution in [2.24, 2.45) is 0 Å². The van der Waals surface area contributed by atoms with Gasteiger partial charge in [0.25, 0.3) is 0 Å². The molecule has 1 aromatic heterocycles. The minimum absolute atomic E-state index is 0.0622. The molecule has 0 spiro atoms. The zero-order valence-electron chi connectivity index (χ0n) is 17.3. The third kappa shape index (κ3) is 4.75. The van der Waals surface area contributed by atoms with E-state index in [9.17, 15) is 9.59 Å². The zero-order chi connectivity index (χ0) is 21.0. The second kappa shape index (κ2) is 9.35. The first kappa shape index (κ1) is 21.2. The van der Waals surface area contributed by atoms with Crippen molar-refractivity contribution in [1.82, 2.24) is 14.7 Å². The van der Waals surface area contributed by atoms with Crippen LogP contribution in [0.2, 0.25) is 0 Å². The van der Waals surface area contributed by atoms with Crippen molar-refractivity contribution in [2.75, 3.05) is 33.1 Å². The topological polar surface area (TPSA) is 73.7 Å². The van der Waals surface area contributed by atoms with E-state index in [0.717, 1.165) is 34.1 Å². The molecular formula is C21H27N3O4S. The predicted molar refractivity (Wildman–Crippen MR) is 113 cm³/mol. The van der Waals surface area contributed by atoms with Crippen molar-refractivity contribution >= 4 is 23.6 Å². The maximum absolute atomic E-state index is 12.7. The predicted octanol–water partition coefficient (Wildman–Crippen LogP) is 2.55. The summed E-state index contributed by atoms with van der Waals surface area (Å²) in [6.45, 7) is 5.06. The molecule has 1 amide bonds. The second-order valence-electron chi connectivity index (χ2n) is 6.99. The Morgan fingerprint density at radius 2 is 2.07 bits per heavy atom. The quantitative estimate of drug-likeness (QED) is 0.673. The summed E-state index contributed by atoms with van der Waals surface area (Å²) < 4.78 is 12.0. The Hall–Kier alpha value is -2.48. The van der Waals surface area contributed by atoms with Gasteiger partial charge in [-0.2, -0.15) is 5.10 Å². The number of nitrogens with zero attached hydrogens (tertiary/aromatic N) is 3. The lowest BCUT2D eigenvalue weighted by atomic mass is 10.1. The number of carbonyl (C=O) groups excluding carboxylic acids is 2. The molecule has 0 saturated carbocycles. The highest BCUT2D eigenvalue weighted by atomic mass is 32.2. The number of methoxy groups -OCH3 is 2. The van der Waals surface area contributed by atoms with E-state index in [0.29, 0.717) is 25.9 Å². The van der Waals surface area contributed by atoms with Gasteiger partial charge >= 0.3 is 5.97 Å². The molecule has 7 nitrogen and oxygen atoms in total. The van der Waals surface area contributed by atoms with Crippen LogP contribution in [0.15, 0.2) is 24.3 Å². The number of ether oxygens (including phenoxy) is 2. The van der Waals surface area contributed by atoms with E-state index >= 15 is 0 Å². The van der Waals surface area contributed by atoms with Gasteiger partial charge < -0.3 is 14.4 Å². The van der Waals surface area contributed by atoms with Gasteiger partial charge in [-0.25, -0.2) is 4.68 Å². The number of aromatic nitrogens is 2. The van der Waals surface area contributed by atoms with Crippen LogP contribution in [0.4, 0.5) is 0 Å². The van der Waals surface area contributed by atoms with Gasteiger partial charge in [0.1, 0.15) is 11.0 Å². The molecule has 0 radical (unpaired) electrons. The minimum Gasteiger partial charge on any atom is -0.497 e. The summed E-state index contributed by atoms with van der Waals surface area (Å²) in [5, 5.41) is 4.37. The summed E-state index contributed by atoms with van der Waals surface area (Å²) in [5.74, 6) is 1.32. The fourth-order valence-corrected chi connectivity index (χ4v) is 4.70. The lowest BCUT2D eigenvalue weighted by Crippen LogP contribution is -2.45. The molecule has 0 bridgehead atoms. The summed E-state index contributed by atoms with van der Waals surface area (Å²) in [6, 6.07) is 7.75. The Morgan fingerprint density at radius 1 is 1.28 bits per heavy atom. The van der Waals surface area contributed by atoms with Gasteiger partial charge in [0.15, 0.2) is 0 Å². The van der Waals surface area contributed by atoms with E-state index in [4.69, 9.17) is 9.47 Å². The second-order valence-corrected chi connectivity index (χ2v) is 8.30. The Kier molecular flexibility index (Phi) is 6.84. The fraction of sp³-hybridized carbons (Fsp3) is 0.476. The number of thioether (sulfide) groups is 1. The lowest BCUT2D eigenvalue weighted by molar-refractivity contribution is -0.141. The largest absolute Gasteiger partial charge is 0.497 e. The first-order valence-corrected chi connectivity index (χ1v) is 10.7. The monoisotopic (exact) mass is 417 g/mol. The zero-order valence-corrected chi connectivity index (χ0v) is 18.1. The van der Waals surface area contributed by atoms with Gasteiger partial charge in [-0.15, -0.1) is 11.8 Å². The minimum atomic E-state index is -0.294. The van der Waals surface area contributed by atoms with E-state index in [1.807, 2.05) is 42.8 Å². The third-order valence-corrected chi connectivity index (χ3v) is 6.37. The lowest BCUT2D eigenvalue weighted by Gasteiger charge is -2.31. The molecule has 0 unspecified atom stereocenters. The van der Waals surface area contributed by atoms with Crippen molar-refractivity contribution < 1.29 is 19.1 Å². The third-order valence-electron chi connectivity index (χ3n) is 5.21. The average Bonchev–Trinajstić information content (AvgIpc) is 3.04. The first-order chi connectivity index (χ1) is 13.9. The van der Waals surface area contributed by atoms with Gasteiger partial charge in [0.05, 0.1) is 25.6 Å². The normalized spacial score (nSPS) is 16.6. The number of aryl methyl sites for hydroxylation is 1. The van der Waals surface area contributed by atoms with Crippen molar-refractivity contribution in [3.05, 3.63) is 41.2 Å². The molecule has 3 rings (SSSR count). The van der Waals surface area contributed by atoms with E-state index in [-0.39, 0.29) is 17.1 Å². The van der Waals surface area contributed by atoms with Crippen LogP contribution in [-0.2, 0) is 20.7 Å². The molecule has 2 heterocycles. The van der Waals surface area contributed by atoms with Gasteiger partial charge in [-0.05, 0) is 38.0 Å². The highest BCUT2D eigenvalue weighted by molar-refractivity contribution is 8.00. The summed E-state index contributed by atoms with van der Waals surface area (Å²) >= 11 is 1.55. The molecule has 1 aromatic carbocycles. The van der Waals surface area contributed by atoms with Crippen LogP contribution in [0.5, 0.6) is 5.75 Å². The molecule has 2 aromatic rings. The molecule has 1 saturated heterocycles. The summed E-state index contributed by atoms with van der Waals surface area (Å²) in [6.07, 6.45) is 1.01. The van der Waals surface area contributed by atoms with Gasteiger partial charge in [-0.1, -0.05) is 6.07 Å². The van der Waals surface area contributed by atoms with E-state index in [1.54, 1.807) is 23.8 Å². The SMILES string of the molecule is COC(=O)[C@H]1CN(C(=O)CCc2c(C)nn(-c3cccc(OC)c3)c2C)CCS1. The Morgan fingerprint density at radius 3 is 2.79 bits per heavy atom. The van der Waals surface area contributed by atoms with Gasteiger partial charge in [0, 0.05) is 37.0 Å². The highest BCUT2D eigenvalue weighted by Gasteiger charge is 2.29. The number of carbonyl (C=O) groups is 2. The molecule has 156 valence electrons. The molecule has 1 aliphatic heterocycles. The van der Waals surface area contributed by atoms with Crippen LogP contribution in [0.25, 0.3) is 5.69 Å². The molecule has 0 N–H and O–H groups in total. The van der Waals surface area contributed by atoms with Crippen LogP contribution in [0.1, 0.15) is 23.4 Å². The maximum Gasteiger partial charge on any atom is 0.320 e. The van der Waals surface area contributed by atoms with Crippen molar-refractivity contribution in [3.8, 4) is 11.4 Å². The van der Waals surface area contributed by atoms with Crippen LogP contribution < -0.4 is 4.74 Å². The standard InChI is InChI=1S/C21H27N3O4S/c1-14-18(15(2)24(22-14)16-6-5-7-17(12-16)27-3)8-9-20(25)23-10-11-29-19(13-23)21(26)28-4/h5-7,12,19H,8-11,13H2,1-4H3/t19-/m1/s1. The van der Waals surface area contributed by atoms with Crippen LogP contribution >= 0.6 is 11.8 Å². The summed E-state index contributed by atoms with van der Waals surface area (Å²) in [7, 11) is 3.02. The molecule has 0 aliphatic carbocycles. The maximum atomic E-state index is 12.7. The Balaban J connectivity index is 1.68. The smallest absolute Gasteiger partial charge is 0.320 e. The fourth-order valence-electron chi connectivity index (χ4n) is 3.57. The van der Waals surface area contributed by atoms with Gasteiger partial charge in [-0.3, -0.25) is 9.59 Å². The van der Waals surface area contributed by atoms with Crippen molar-refractivity contribution in [1.29, 1.82) is 0 Å². The van der Waals surface area contributed by atoms with E-state index in [1.165, 1.54) is 7.11 Å². The first-order valence-electron chi connectivity index (χ1n) is 9.61. The highest BCUT2D eigenvalue weighted by Crippen LogP contribution is 2.24. The van der Waals surface area contributed by atoms with E-state index < -0.39 is 0 Å². The van der Waals surface area contributed by atoms with Crippen molar-refractivity contribution in [3.63, 3.8) is 0 Å². The molecule has 1 atom stereocenters. The molecule has 8 heteroatoms. The number of rotatable bonds is 6. The van der Waals surface area contributed by atoms with Crippen molar-refractivity contribution in [2.45, 2.75) is 31.9 Å². The molecule has 1 fully saturated rings. The average molecular weight is 418 g/mol. The number of esters is 1. The van der Waals surface area contributed by atoms with Crippen LogP contribution in [-0.4, -0.2) is 64.9 Å². The molecular weight excluding hydrogens is 390 g/mol. The number of benzene rings is 1. The number of hydrogen-bond acceptors (Lipinski definition) is 6. The number of hydrogen-bond donors (Lipinski definition) is 0. The van der Waals surface area contributed by atoms with Gasteiger partial charge in [0.2, 0.25) is 5.91 Å². The molecule has 1 aliphatic rings. The van der Waals surface area contributed by atoms with E-state index in [2.05, 4.69) is 5.10 Å². The van der Waals surface area contributed by atoms with Crippen LogP contribution in [0.3, 0.4) is 0 Å². The number of amides is 1. The Labute approximate surface area is 175 Å². The van der Waals surface area contributed by atoms with Crippen LogP contribution in [0, 0.1) is 13.8 Å². The Bertz CT molecular complexity index is 896. The molecule has 29 heavy (non-hydrogen) atoms. The summed E-state index contributed by atoms with van der Waals surface area (Å²) in [5.41, 5.74) is 3.94. The summed E-state index contributed by atoms with van der Waals surface area (Å²) in [4.78, 5) is 26.3.